The van der Waals surface area contributed by atoms with Crippen molar-refractivity contribution in [1.29, 1.82) is 0 Å². The van der Waals surface area contributed by atoms with E-state index in [9.17, 15) is 4.79 Å². The zero-order valence-corrected chi connectivity index (χ0v) is 14.8. The lowest BCUT2D eigenvalue weighted by molar-refractivity contribution is 0.0594. The molecule has 0 aromatic carbocycles. The summed E-state index contributed by atoms with van der Waals surface area (Å²) >= 11 is 0. The molecule has 3 N–H and O–H groups in total. The summed E-state index contributed by atoms with van der Waals surface area (Å²) < 4.78 is 5.92. The lowest BCUT2D eigenvalue weighted by Gasteiger charge is -2.32. The van der Waals surface area contributed by atoms with E-state index in [4.69, 9.17) is 10.5 Å². The number of piperidine rings is 1. The summed E-state index contributed by atoms with van der Waals surface area (Å²) in [5, 5.41) is 3.18. The van der Waals surface area contributed by atoms with Crippen LogP contribution in [0.4, 0.5) is 5.82 Å². The highest BCUT2D eigenvalue weighted by molar-refractivity contribution is 5.94. The van der Waals surface area contributed by atoms with Gasteiger partial charge in [0.2, 0.25) is 0 Å². The van der Waals surface area contributed by atoms with E-state index in [1.165, 1.54) is 0 Å². The Bertz CT molecular complexity index is 685. The molecule has 0 bridgehead atoms. The zero-order valence-electron chi connectivity index (χ0n) is 14.8. The maximum Gasteiger partial charge on any atom is 0.255 e. The normalized spacial score (nSPS) is 14.9. The molecule has 0 aliphatic carbocycles. The summed E-state index contributed by atoms with van der Waals surface area (Å²) in [4.78, 5) is 22.9. The second-order valence-corrected chi connectivity index (χ2v) is 6.30. The van der Waals surface area contributed by atoms with Gasteiger partial charge in [0.05, 0.1) is 11.8 Å². The smallest absolute Gasteiger partial charge is 0.255 e. The van der Waals surface area contributed by atoms with Gasteiger partial charge in [-0.15, -0.1) is 0 Å². The molecule has 0 radical (unpaired) electrons. The van der Waals surface area contributed by atoms with Gasteiger partial charge in [0.25, 0.3) is 5.91 Å². The van der Waals surface area contributed by atoms with Crippen LogP contribution in [0.25, 0.3) is 0 Å². The predicted octanol–water partition coefficient (Wildman–Crippen LogP) is 1.92. The minimum absolute atomic E-state index is 0.0193. The van der Waals surface area contributed by atoms with Crippen LogP contribution in [0.1, 0.15) is 29.6 Å². The SMILES string of the molecule is NCCCNc1ccc(C(=O)N2CCC(Oc3cccnc3)CC2)cn1. The third kappa shape index (κ3) is 4.92. The largest absolute Gasteiger partial charge is 0.489 e. The molecule has 1 amide bonds. The first-order valence-electron chi connectivity index (χ1n) is 9.02. The van der Waals surface area contributed by atoms with E-state index >= 15 is 0 Å². The summed E-state index contributed by atoms with van der Waals surface area (Å²) in [6.07, 6.45) is 7.70. The van der Waals surface area contributed by atoms with E-state index in [2.05, 4.69) is 15.3 Å². The average molecular weight is 355 g/mol. The molecule has 3 heterocycles. The predicted molar refractivity (Wildman–Crippen MR) is 100 cm³/mol. The molecule has 138 valence electrons. The van der Waals surface area contributed by atoms with Gasteiger partial charge in [-0.05, 0) is 37.2 Å². The number of rotatable bonds is 7. The monoisotopic (exact) mass is 355 g/mol. The molecular formula is C19H25N5O2. The number of nitrogens with zero attached hydrogens (tertiary/aromatic N) is 3. The summed E-state index contributed by atoms with van der Waals surface area (Å²) in [6.45, 7) is 2.78. The first kappa shape index (κ1) is 18.1. The molecule has 2 aromatic rings. The number of ether oxygens (including phenoxy) is 1. The van der Waals surface area contributed by atoms with Gasteiger partial charge in [-0.1, -0.05) is 0 Å². The molecule has 2 aromatic heterocycles. The maximum absolute atomic E-state index is 12.6. The number of nitrogens with one attached hydrogen (secondary N) is 1. The quantitative estimate of drug-likeness (QED) is 0.737. The van der Waals surface area contributed by atoms with Crippen LogP contribution in [0.5, 0.6) is 5.75 Å². The van der Waals surface area contributed by atoms with Crippen LogP contribution in [-0.2, 0) is 0 Å². The van der Waals surface area contributed by atoms with Crippen LogP contribution < -0.4 is 15.8 Å². The lowest BCUT2D eigenvalue weighted by Crippen LogP contribution is -2.41. The Morgan fingerprint density at radius 3 is 2.77 bits per heavy atom. The Balaban J connectivity index is 1.48. The minimum Gasteiger partial charge on any atom is -0.489 e. The fourth-order valence-corrected chi connectivity index (χ4v) is 2.91. The fraction of sp³-hybridized carbons (Fsp3) is 0.421. The minimum atomic E-state index is 0.0193. The van der Waals surface area contributed by atoms with E-state index in [0.29, 0.717) is 25.2 Å². The number of hydrogen-bond acceptors (Lipinski definition) is 6. The van der Waals surface area contributed by atoms with Crippen molar-refractivity contribution in [1.82, 2.24) is 14.9 Å². The number of carbonyl (C=O) groups is 1. The van der Waals surface area contributed by atoms with Crippen molar-refractivity contribution in [2.45, 2.75) is 25.4 Å². The van der Waals surface area contributed by atoms with Gasteiger partial charge in [0.15, 0.2) is 0 Å². The molecule has 1 aliphatic rings. The average Bonchev–Trinajstić information content (AvgIpc) is 2.70. The van der Waals surface area contributed by atoms with Gasteiger partial charge >= 0.3 is 0 Å². The topological polar surface area (TPSA) is 93.4 Å². The highest BCUT2D eigenvalue weighted by Gasteiger charge is 2.24. The number of anilines is 1. The molecular weight excluding hydrogens is 330 g/mol. The van der Waals surface area contributed by atoms with Crippen LogP contribution in [0.15, 0.2) is 42.9 Å². The first-order valence-corrected chi connectivity index (χ1v) is 9.02. The number of likely N-dealkylation sites (tertiary alicyclic amines) is 1. The Morgan fingerprint density at radius 1 is 1.27 bits per heavy atom. The third-order valence-corrected chi connectivity index (χ3v) is 4.36. The molecule has 0 saturated carbocycles. The molecule has 0 atom stereocenters. The third-order valence-electron chi connectivity index (χ3n) is 4.36. The van der Waals surface area contributed by atoms with Crippen molar-refractivity contribution >= 4 is 11.7 Å². The second kappa shape index (κ2) is 9.15. The number of nitrogens with two attached hydrogens (primary N) is 1. The first-order chi connectivity index (χ1) is 12.8. The number of carbonyl (C=O) groups excluding carboxylic acids is 1. The zero-order chi connectivity index (χ0) is 18.2. The molecule has 1 saturated heterocycles. The summed E-state index contributed by atoms with van der Waals surface area (Å²) in [7, 11) is 0. The molecule has 0 spiro atoms. The van der Waals surface area contributed by atoms with E-state index in [1.54, 1.807) is 18.6 Å². The number of amides is 1. The summed E-state index contributed by atoms with van der Waals surface area (Å²) in [5.41, 5.74) is 6.08. The van der Waals surface area contributed by atoms with Gasteiger partial charge in [-0.3, -0.25) is 9.78 Å². The lowest BCUT2D eigenvalue weighted by atomic mass is 10.1. The number of pyridine rings is 2. The highest BCUT2D eigenvalue weighted by Crippen LogP contribution is 2.19. The molecule has 0 unspecified atom stereocenters. The molecule has 1 aliphatic heterocycles. The van der Waals surface area contributed by atoms with Crippen molar-refractivity contribution < 1.29 is 9.53 Å². The molecule has 26 heavy (non-hydrogen) atoms. The van der Waals surface area contributed by atoms with Gasteiger partial charge in [0, 0.05) is 44.9 Å². The molecule has 3 rings (SSSR count). The summed E-state index contributed by atoms with van der Waals surface area (Å²) in [6, 6.07) is 7.41. The standard InChI is InChI=1S/C19H25N5O2/c20-8-2-10-22-18-5-4-15(13-23-18)19(25)24-11-6-16(7-12-24)26-17-3-1-9-21-14-17/h1,3-5,9,13-14,16H,2,6-8,10-12,20H2,(H,22,23). The van der Waals surface area contributed by atoms with Crippen molar-refractivity contribution in [3.8, 4) is 5.75 Å². The van der Waals surface area contributed by atoms with Crippen LogP contribution in [-0.4, -0.2) is 53.1 Å². The van der Waals surface area contributed by atoms with Gasteiger partial charge in [-0.25, -0.2) is 4.98 Å². The molecule has 7 heteroatoms. The highest BCUT2D eigenvalue weighted by atomic mass is 16.5. The van der Waals surface area contributed by atoms with Crippen molar-refractivity contribution in [2.75, 3.05) is 31.5 Å². The molecule has 7 nitrogen and oxygen atoms in total. The van der Waals surface area contributed by atoms with Crippen LogP contribution >= 0.6 is 0 Å². The van der Waals surface area contributed by atoms with E-state index < -0.39 is 0 Å². The van der Waals surface area contributed by atoms with Crippen molar-refractivity contribution in [3.05, 3.63) is 48.4 Å². The Hall–Kier alpha value is -2.67. The fourth-order valence-electron chi connectivity index (χ4n) is 2.91. The van der Waals surface area contributed by atoms with E-state index in [-0.39, 0.29) is 12.0 Å². The van der Waals surface area contributed by atoms with Gasteiger partial charge < -0.3 is 20.7 Å². The van der Waals surface area contributed by atoms with Gasteiger partial charge in [-0.2, -0.15) is 0 Å². The Morgan fingerprint density at radius 2 is 2.12 bits per heavy atom. The molecule has 1 fully saturated rings. The van der Waals surface area contributed by atoms with Crippen molar-refractivity contribution in [3.63, 3.8) is 0 Å². The van der Waals surface area contributed by atoms with Crippen LogP contribution in [0, 0.1) is 0 Å². The van der Waals surface area contributed by atoms with Gasteiger partial charge in [0.1, 0.15) is 17.7 Å². The van der Waals surface area contributed by atoms with Crippen LogP contribution in [0.2, 0.25) is 0 Å². The van der Waals surface area contributed by atoms with E-state index in [1.807, 2.05) is 29.2 Å². The van der Waals surface area contributed by atoms with E-state index in [0.717, 1.165) is 37.4 Å². The van der Waals surface area contributed by atoms with Crippen molar-refractivity contribution in [2.24, 2.45) is 5.73 Å². The Labute approximate surface area is 153 Å². The maximum atomic E-state index is 12.6. The second-order valence-electron chi connectivity index (χ2n) is 6.30. The number of aromatic nitrogens is 2. The summed E-state index contributed by atoms with van der Waals surface area (Å²) in [5.74, 6) is 1.56. The van der Waals surface area contributed by atoms with Crippen LogP contribution in [0.3, 0.4) is 0 Å². The Kier molecular flexibility index (Phi) is 6.38. The number of hydrogen-bond donors (Lipinski definition) is 2.